The average Bonchev–Trinajstić information content (AvgIpc) is 2.36. The van der Waals surface area contributed by atoms with Crippen molar-refractivity contribution in [3.05, 3.63) is 22.2 Å². The molecule has 1 aromatic rings. The Morgan fingerprint density at radius 2 is 1.96 bits per heavy atom. The SMILES string of the molecule is COc1cc(C(=O)O)c(Cl)c(COCC(F)(F)F)c1S(C)(=O)=O. The van der Waals surface area contributed by atoms with Gasteiger partial charge in [0.1, 0.15) is 17.3 Å². The van der Waals surface area contributed by atoms with Crippen LogP contribution in [0.2, 0.25) is 5.02 Å². The number of ether oxygens (including phenoxy) is 2. The second-order valence-electron chi connectivity index (χ2n) is 4.43. The Balaban J connectivity index is 3.49. The Morgan fingerprint density at radius 3 is 2.35 bits per heavy atom. The molecule has 0 aliphatic rings. The highest BCUT2D eigenvalue weighted by Gasteiger charge is 2.30. The summed E-state index contributed by atoms with van der Waals surface area (Å²) in [5.74, 6) is -1.84. The van der Waals surface area contributed by atoms with Gasteiger partial charge >= 0.3 is 12.1 Å². The fraction of sp³-hybridized carbons (Fsp3) is 0.417. The van der Waals surface area contributed by atoms with E-state index in [1.165, 1.54) is 0 Å². The van der Waals surface area contributed by atoms with Gasteiger partial charge in [-0.05, 0) is 6.07 Å². The van der Waals surface area contributed by atoms with Gasteiger partial charge < -0.3 is 14.6 Å². The van der Waals surface area contributed by atoms with Gasteiger partial charge in [0.2, 0.25) is 0 Å². The van der Waals surface area contributed by atoms with Gasteiger partial charge in [-0.25, -0.2) is 13.2 Å². The number of benzene rings is 1. The zero-order chi connectivity index (χ0) is 18.0. The molecule has 0 aromatic heterocycles. The number of rotatable bonds is 6. The van der Waals surface area contributed by atoms with Crippen molar-refractivity contribution in [1.29, 1.82) is 0 Å². The van der Waals surface area contributed by atoms with E-state index >= 15 is 0 Å². The summed E-state index contributed by atoms with van der Waals surface area (Å²) >= 11 is 5.83. The molecule has 0 bridgehead atoms. The molecular weight excluding hydrogens is 365 g/mol. The summed E-state index contributed by atoms with van der Waals surface area (Å²) in [6.07, 6.45) is -3.85. The predicted octanol–water partition coefficient (Wildman–Crippen LogP) is 2.53. The Bertz CT molecular complexity index is 714. The van der Waals surface area contributed by atoms with Crippen LogP contribution in [0.1, 0.15) is 15.9 Å². The first-order valence-electron chi connectivity index (χ1n) is 5.85. The lowest BCUT2D eigenvalue weighted by molar-refractivity contribution is -0.176. The number of carboxylic acid groups (broad SMARTS) is 1. The normalized spacial score (nSPS) is 12.3. The number of aromatic carboxylic acids is 1. The van der Waals surface area contributed by atoms with E-state index in [-0.39, 0.29) is 5.75 Å². The number of hydrogen-bond acceptors (Lipinski definition) is 5. The molecule has 23 heavy (non-hydrogen) atoms. The number of sulfone groups is 1. The van der Waals surface area contributed by atoms with Crippen LogP contribution in [0.5, 0.6) is 5.75 Å². The molecule has 11 heteroatoms. The third-order valence-electron chi connectivity index (χ3n) is 2.61. The molecular formula is C12H12ClF3O6S. The van der Waals surface area contributed by atoms with E-state index in [1.807, 2.05) is 0 Å². The van der Waals surface area contributed by atoms with Crippen LogP contribution in [0, 0.1) is 0 Å². The average molecular weight is 377 g/mol. The molecule has 1 rings (SSSR count). The lowest BCUT2D eigenvalue weighted by Crippen LogP contribution is -2.18. The number of methoxy groups -OCH3 is 1. The summed E-state index contributed by atoms with van der Waals surface area (Å²) in [5, 5.41) is 8.52. The van der Waals surface area contributed by atoms with Gasteiger partial charge in [-0.1, -0.05) is 11.6 Å². The minimum atomic E-state index is -4.63. The van der Waals surface area contributed by atoms with Gasteiger partial charge in [0.25, 0.3) is 0 Å². The van der Waals surface area contributed by atoms with Gasteiger partial charge in [-0.15, -0.1) is 0 Å². The monoisotopic (exact) mass is 376 g/mol. The van der Waals surface area contributed by atoms with Crippen LogP contribution in [-0.2, 0) is 21.2 Å². The maximum absolute atomic E-state index is 12.2. The zero-order valence-electron chi connectivity index (χ0n) is 11.9. The van der Waals surface area contributed by atoms with Crippen LogP contribution in [-0.4, -0.2) is 45.6 Å². The Labute approximate surface area is 134 Å². The molecule has 0 aliphatic carbocycles. The first kappa shape index (κ1) is 19.5. The van der Waals surface area contributed by atoms with Crippen LogP contribution in [0.25, 0.3) is 0 Å². The third kappa shape index (κ3) is 4.98. The van der Waals surface area contributed by atoms with E-state index in [1.54, 1.807) is 0 Å². The topological polar surface area (TPSA) is 89.9 Å². The zero-order valence-corrected chi connectivity index (χ0v) is 13.5. The minimum absolute atomic E-state index is 0.347. The molecule has 0 atom stereocenters. The number of carbonyl (C=O) groups is 1. The molecule has 130 valence electrons. The Hall–Kier alpha value is -1.52. The van der Waals surface area contributed by atoms with Gasteiger partial charge in [0, 0.05) is 11.8 Å². The molecule has 0 spiro atoms. The largest absolute Gasteiger partial charge is 0.495 e. The molecule has 6 nitrogen and oxygen atoms in total. The van der Waals surface area contributed by atoms with E-state index in [0.717, 1.165) is 19.4 Å². The predicted molar refractivity (Wildman–Crippen MR) is 73.8 cm³/mol. The molecule has 0 fully saturated rings. The summed E-state index contributed by atoms with van der Waals surface area (Å²) in [6, 6.07) is 0.883. The maximum Gasteiger partial charge on any atom is 0.411 e. The van der Waals surface area contributed by atoms with Crippen LogP contribution < -0.4 is 4.74 Å². The van der Waals surface area contributed by atoms with Crippen molar-refractivity contribution in [3.8, 4) is 5.75 Å². The van der Waals surface area contributed by atoms with Crippen LogP contribution in [0.4, 0.5) is 13.2 Å². The van der Waals surface area contributed by atoms with Crippen molar-refractivity contribution in [2.24, 2.45) is 0 Å². The van der Waals surface area contributed by atoms with E-state index < -0.39 is 56.2 Å². The van der Waals surface area contributed by atoms with Crippen molar-refractivity contribution in [1.82, 2.24) is 0 Å². The summed E-state index contributed by atoms with van der Waals surface area (Å²) < 4.78 is 69.4. The summed E-state index contributed by atoms with van der Waals surface area (Å²) in [6.45, 7) is -2.50. The molecule has 1 N–H and O–H groups in total. The fourth-order valence-corrected chi connectivity index (χ4v) is 3.24. The number of carboxylic acids is 1. The lowest BCUT2D eigenvalue weighted by atomic mass is 10.1. The molecule has 0 saturated heterocycles. The van der Waals surface area contributed by atoms with Gasteiger partial charge in [0.15, 0.2) is 9.84 Å². The standard InChI is InChI=1S/C12H12ClF3O6S/c1-21-8-3-6(11(17)18)9(13)7(10(8)23(2,19)20)4-22-5-12(14,15)16/h3H,4-5H2,1-2H3,(H,17,18). The number of hydrogen-bond donors (Lipinski definition) is 1. The molecule has 0 aliphatic heterocycles. The van der Waals surface area contributed by atoms with E-state index in [0.29, 0.717) is 0 Å². The molecule has 0 radical (unpaired) electrons. The molecule has 0 unspecified atom stereocenters. The van der Waals surface area contributed by atoms with Gasteiger partial charge in [-0.3, -0.25) is 0 Å². The molecule has 0 heterocycles. The minimum Gasteiger partial charge on any atom is -0.495 e. The van der Waals surface area contributed by atoms with Gasteiger partial charge in [0.05, 0.1) is 24.3 Å². The van der Waals surface area contributed by atoms with Gasteiger partial charge in [-0.2, -0.15) is 13.2 Å². The first-order chi connectivity index (χ1) is 10.4. The fourth-order valence-electron chi connectivity index (χ4n) is 1.78. The second-order valence-corrected chi connectivity index (χ2v) is 6.76. The summed E-state index contributed by atoms with van der Waals surface area (Å²) in [4.78, 5) is 10.6. The number of halogens is 4. The maximum atomic E-state index is 12.2. The van der Waals surface area contributed by atoms with Crippen molar-refractivity contribution in [2.45, 2.75) is 17.7 Å². The van der Waals surface area contributed by atoms with Crippen molar-refractivity contribution >= 4 is 27.4 Å². The lowest BCUT2D eigenvalue weighted by Gasteiger charge is -2.17. The number of alkyl halides is 3. The first-order valence-corrected chi connectivity index (χ1v) is 8.12. The van der Waals surface area contributed by atoms with Crippen LogP contribution in [0.15, 0.2) is 11.0 Å². The Kier molecular flexibility index (Phi) is 5.89. The molecule has 0 amide bonds. The third-order valence-corrected chi connectivity index (χ3v) is 4.23. The van der Waals surface area contributed by atoms with Crippen molar-refractivity contribution in [2.75, 3.05) is 20.0 Å². The van der Waals surface area contributed by atoms with E-state index in [4.69, 9.17) is 21.4 Å². The highest BCUT2D eigenvalue weighted by Crippen LogP contribution is 2.36. The highest BCUT2D eigenvalue weighted by atomic mass is 35.5. The molecule has 1 aromatic carbocycles. The summed E-state index contributed by atoms with van der Waals surface area (Å²) in [5.41, 5.74) is -0.920. The van der Waals surface area contributed by atoms with E-state index in [9.17, 15) is 26.4 Å². The highest BCUT2D eigenvalue weighted by molar-refractivity contribution is 7.90. The smallest absolute Gasteiger partial charge is 0.411 e. The van der Waals surface area contributed by atoms with Crippen molar-refractivity contribution < 1.29 is 41.0 Å². The molecule has 0 saturated carbocycles. The van der Waals surface area contributed by atoms with Crippen LogP contribution >= 0.6 is 11.6 Å². The Morgan fingerprint density at radius 1 is 1.39 bits per heavy atom. The second kappa shape index (κ2) is 6.93. The van der Waals surface area contributed by atoms with Crippen LogP contribution in [0.3, 0.4) is 0 Å². The summed E-state index contributed by atoms with van der Waals surface area (Å²) in [7, 11) is -2.88. The van der Waals surface area contributed by atoms with E-state index in [2.05, 4.69) is 4.74 Å². The van der Waals surface area contributed by atoms with Crippen molar-refractivity contribution in [3.63, 3.8) is 0 Å². The quantitative estimate of drug-likeness (QED) is 0.820.